The molecule has 0 aromatic heterocycles. The van der Waals surface area contributed by atoms with Crippen molar-refractivity contribution in [2.24, 2.45) is 4.99 Å². The van der Waals surface area contributed by atoms with Crippen molar-refractivity contribution in [3.8, 4) is 23.0 Å². The van der Waals surface area contributed by atoms with Gasteiger partial charge in [-0.1, -0.05) is 45.0 Å². The molecule has 6 rings (SSSR count). The Morgan fingerprint density at radius 2 is 1.37 bits per heavy atom. The molecule has 0 saturated carbocycles. The van der Waals surface area contributed by atoms with Gasteiger partial charge in [0.2, 0.25) is 5.91 Å². The largest absolute Gasteiger partial charge is 0.508 e. The van der Waals surface area contributed by atoms with Crippen molar-refractivity contribution >= 4 is 17.8 Å². The molecule has 2 unspecified atom stereocenters. The van der Waals surface area contributed by atoms with Crippen LogP contribution in [0.15, 0.2) is 65.7 Å². The molecule has 3 amide bonds. The number of nitrogens with zero attached hydrogens (tertiary/aromatic N) is 5. The van der Waals surface area contributed by atoms with Gasteiger partial charge in [0.05, 0.1) is 44.6 Å². The highest BCUT2D eigenvalue weighted by Crippen LogP contribution is 2.47. The average Bonchev–Trinajstić information content (AvgIpc) is 3.53. The summed E-state index contributed by atoms with van der Waals surface area (Å²) in [6, 6.07) is 16.3. The minimum absolute atomic E-state index is 0.0773. The lowest BCUT2D eigenvalue weighted by Gasteiger charge is -2.39. The predicted molar refractivity (Wildman–Crippen MR) is 198 cm³/mol. The minimum Gasteiger partial charge on any atom is -0.508 e. The van der Waals surface area contributed by atoms with Gasteiger partial charge in [-0.3, -0.25) is 19.6 Å². The van der Waals surface area contributed by atoms with Crippen LogP contribution in [-0.4, -0.2) is 120 Å². The fourth-order valence-electron chi connectivity index (χ4n) is 7.10. The van der Waals surface area contributed by atoms with Gasteiger partial charge in [-0.05, 0) is 66.8 Å². The van der Waals surface area contributed by atoms with Crippen molar-refractivity contribution in [1.29, 1.82) is 0 Å². The monoisotopic (exact) mass is 713 g/mol. The van der Waals surface area contributed by atoms with Crippen LogP contribution in [0, 0.1) is 0 Å². The van der Waals surface area contributed by atoms with Crippen LogP contribution < -0.4 is 9.47 Å². The van der Waals surface area contributed by atoms with Crippen molar-refractivity contribution in [3.05, 3.63) is 82.9 Å². The Morgan fingerprint density at radius 3 is 1.94 bits per heavy atom. The number of hydrogen-bond donors (Lipinski definition) is 2. The third kappa shape index (κ3) is 7.98. The highest BCUT2D eigenvalue weighted by Gasteiger charge is 2.45. The molecule has 2 saturated heterocycles. The summed E-state index contributed by atoms with van der Waals surface area (Å²) in [5, 5.41) is 20.4. The number of aromatic hydroxyl groups is 2. The lowest BCUT2D eigenvalue weighted by molar-refractivity contribution is -0.136. The van der Waals surface area contributed by atoms with Crippen LogP contribution in [0.25, 0.3) is 0 Å². The standard InChI is InChI=1S/C40H51N5O7/c1-6-51-33-25-32(40(3,4)5)34(52-7-2)24-31(33)38-41-36(27-8-12-29(46)13-9-27)37(28-10-14-30(47)15-11-28)45(38)39(49)44-18-16-42(17-19-44)26-35(48)43-20-22-50-23-21-43/h8-15,24-25,36-37,46-47H,6-7,16-23,26H2,1-5H3. The van der Waals surface area contributed by atoms with Gasteiger partial charge in [0.25, 0.3) is 0 Å². The maximum Gasteiger partial charge on any atom is 0.326 e. The number of rotatable bonds is 9. The Hall–Kier alpha value is -4.81. The second-order valence-electron chi connectivity index (χ2n) is 14.4. The van der Waals surface area contributed by atoms with E-state index in [9.17, 15) is 15.0 Å². The number of morpholine rings is 1. The molecule has 0 spiro atoms. The van der Waals surface area contributed by atoms with Crippen LogP contribution in [0.4, 0.5) is 4.79 Å². The van der Waals surface area contributed by atoms with Gasteiger partial charge < -0.3 is 34.2 Å². The molecule has 0 radical (unpaired) electrons. The number of ether oxygens (including phenoxy) is 3. The summed E-state index contributed by atoms with van der Waals surface area (Å²) in [5.74, 6) is 2.04. The Morgan fingerprint density at radius 1 is 0.788 bits per heavy atom. The molecule has 0 aliphatic carbocycles. The van der Waals surface area contributed by atoms with Crippen LogP contribution in [0.3, 0.4) is 0 Å². The third-order valence-corrected chi connectivity index (χ3v) is 9.84. The number of benzene rings is 3. The molecular weight excluding hydrogens is 662 g/mol. The van der Waals surface area contributed by atoms with Gasteiger partial charge in [-0.2, -0.15) is 0 Å². The zero-order valence-corrected chi connectivity index (χ0v) is 30.9. The van der Waals surface area contributed by atoms with E-state index in [0.29, 0.717) is 95.1 Å². The Kier molecular flexibility index (Phi) is 11.3. The Labute approximate surface area is 306 Å². The molecule has 2 fully saturated rings. The molecule has 2 N–H and O–H groups in total. The molecule has 3 aliphatic rings. The van der Waals surface area contributed by atoms with E-state index in [1.54, 1.807) is 29.2 Å². The normalized spacial score (nSPS) is 19.8. The van der Waals surface area contributed by atoms with E-state index < -0.39 is 12.1 Å². The fraction of sp³-hybridized carbons (Fsp3) is 0.475. The van der Waals surface area contributed by atoms with E-state index in [1.165, 1.54) is 0 Å². The van der Waals surface area contributed by atoms with E-state index in [4.69, 9.17) is 19.2 Å². The first-order valence-corrected chi connectivity index (χ1v) is 18.2. The maximum atomic E-state index is 15.0. The SMILES string of the molecule is CCOc1cc(C(C)(C)C)c(OCC)cc1C1=NC(c2ccc(O)cc2)C(c2ccc(O)cc2)N1C(=O)N1CCN(CC(=O)N2CCOCC2)CC1. The number of amides is 3. The second kappa shape index (κ2) is 15.8. The first kappa shape index (κ1) is 37.0. The lowest BCUT2D eigenvalue weighted by Crippen LogP contribution is -2.56. The minimum atomic E-state index is -0.596. The van der Waals surface area contributed by atoms with E-state index >= 15 is 4.79 Å². The van der Waals surface area contributed by atoms with E-state index in [1.807, 2.05) is 60.0 Å². The Balaban J connectivity index is 1.42. The van der Waals surface area contributed by atoms with Crippen LogP contribution in [0.5, 0.6) is 23.0 Å². The van der Waals surface area contributed by atoms with Gasteiger partial charge in [-0.25, -0.2) is 4.79 Å². The first-order valence-electron chi connectivity index (χ1n) is 18.2. The summed E-state index contributed by atoms with van der Waals surface area (Å²) < 4.78 is 17.9. The number of carbonyl (C=O) groups excluding carboxylic acids is 2. The fourth-order valence-corrected chi connectivity index (χ4v) is 7.10. The highest BCUT2D eigenvalue weighted by molar-refractivity contribution is 6.11. The number of amidine groups is 1. The second-order valence-corrected chi connectivity index (χ2v) is 14.4. The summed E-state index contributed by atoms with van der Waals surface area (Å²) >= 11 is 0. The zero-order chi connectivity index (χ0) is 37.0. The maximum absolute atomic E-state index is 15.0. The summed E-state index contributed by atoms with van der Waals surface area (Å²) in [7, 11) is 0. The van der Waals surface area contributed by atoms with Crippen LogP contribution >= 0.6 is 0 Å². The molecule has 52 heavy (non-hydrogen) atoms. The van der Waals surface area contributed by atoms with E-state index in [-0.39, 0.29) is 28.9 Å². The Bertz CT molecular complexity index is 1740. The van der Waals surface area contributed by atoms with Gasteiger partial charge in [0.1, 0.15) is 34.9 Å². The number of aliphatic imine (C=N–C) groups is 1. The molecule has 3 aliphatic heterocycles. The number of urea groups is 1. The summed E-state index contributed by atoms with van der Waals surface area (Å²) in [6.07, 6.45) is 0. The molecule has 12 nitrogen and oxygen atoms in total. The summed E-state index contributed by atoms with van der Waals surface area (Å²) in [6.45, 7) is 15.7. The molecule has 0 bridgehead atoms. The van der Waals surface area contributed by atoms with Gasteiger partial charge in [0, 0.05) is 44.8 Å². The summed E-state index contributed by atoms with van der Waals surface area (Å²) in [5.41, 5.74) is 2.95. The molecule has 2 atom stereocenters. The number of piperazine rings is 1. The molecule has 3 aromatic carbocycles. The highest BCUT2D eigenvalue weighted by atomic mass is 16.5. The predicted octanol–water partition coefficient (Wildman–Crippen LogP) is 5.33. The molecular formula is C40H51N5O7. The topological polar surface area (TPSA) is 128 Å². The van der Waals surface area contributed by atoms with Gasteiger partial charge >= 0.3 is 6.03 Å². The average molecular weight is 714 g/mol. The molecule has 3 aromatic rings. The molecule has 3 heterocycles. The van der Waals surface area contributed by atoms with Crippen molar-refractivity contribution in [2.45, 2.75) is 52.1 Å². The lowest BCUT2D eigenvalue weighted by atomic mass is 9.85. The van der Waals surface area contributed by atoms with Crippen molar-refractivity contribution < 1.29 is 34.0 Å². The quantitative estimate of drug-likeness (QED) is 0.305. The van der Waals surface area contributed by atoms with Crippen molar-refractivity contribution in [1.82, 2.24) is 19.6 Å². The van der Waals surface area contributed by atoms with Crippen molar-refractivity contribution in [3.63, 3.8) is 0 Å². The van der Waals surface area contributed by atoms with Gasteiger partial charge in [-0.15, -0.1) is 0 Å². The smallest absolute Gasteiger partial charge is 0.326 e. The molecule has 12 heteroatoms. The van der Waals surface area contributed by atoms with Gasteiger partial charge in [0.15, 0.2) is 0 Å². The number of phenolic OH excluding ortho intramolecular Hbond substituents is 2. The summed E-state index contributed by atoms with van der Waals surface area (Å²) in [4.78, 5) is 40.9. The number of hydrogen-bond acceptors (Lipinski definition) is 9. The zero-order valence-electron chi connectivity index (χ0n) is 30.9. The number of phenols is 2. The van der Waals surface area contributed by atoms with Crippen molar-refractivity contribution in [2.75, 3.05) is 72.2 Å². The number of carbonyl (C=O) groups is 2. The van der Waals surface area contributed by atoms with Crippen LogP contribution in [0.2, 0.25) is 0 Å². The van der Waals surface area contributed by atoms with Crippen LogP contribution in [0.1, 0.15) is 69.0 Å². The van der Waals surface area contributed by atoms with Crippen LogP contribution in [-0.2, 0) is 14.9 Å². The molecule has 278 valence electrons. The van der Waals surface area contributed by atoms with E-state index in [2.05, 4.69) is 25.7 Å². The first-order chi connectivity index (χ1) is 25.0. The third-order valence-electron chi connectivity index (χ3n) is 9.84. The van der Waals surface area contributed by atoms with E-state index in [0.717, 1.165) is 16.7 Å².